The smallest absolute Gasteiger partial charge is 0.434 e. The van der Waals surface area contributed by atoms with Crippen molar-refractivity contribution in [1.29, 1.82) is 0 Å². The number of alkyl halides is 3. The normalized spacial score (nSPS) is 12.2. The molecule has 0 aliphatic rings. The van der Waals surface area contributed by atoms with Crippen molar-refractivity contribution in [2.24, 2.45) is 0 Å². The van der Waals surface area contributed by atoms with Crippen LogP contribution in [-0.4, -0.2) is 34.3 Å². The molecule has 0 aliphatic heterocycles. The van der Waals surface area contributed by atoms with E-state index in [2.05, 4.69) is 9.97 Å². The van der Waals surface area contributed by atoms with Crippen molar-refractivity contribution in [3.63, 3.8) is 0 Å². The molecule has 0 spiro atoms. The van der Waals surface area contributed by atoms with Gasteiger partial charge < -0.3 is 14.1 Å². The number of benzene rings is 3. The number of aliphatic hydroxyl groups is 1. The Morgan fingerprint density at radius 3 is 2.28 bits per heavy atom. The molecule has 14 heteroatoms. The van der Waals surface area contributed by atoms with Crippen LogP contribution in [0.25, 0.3) is 39.4 Å². The van der Waals surface area contributed by atoms with Crippen molar-refractivity contribution in [3.8, 4) is 39.4 Å². The van der Waals surface area contributed by atoms with Crippen LogP contribution in [0.5, 0.6) is 0 Å². The van der Waals surface area contributed by atoms with Crippen molar-refractivity contribution in [2.45, 2.75) is 31.5 Å². The van der Waals surface area contributed by atoms with Crippen molar-refractivity contribution in [2.75, 3.05) is 6.26 Å². The molecule has 0 unspecified atom stereocenters. The van der Waals surface area contributed by atoms with Gasteiger partial charge in [-0.1, -0.05) is 17.7 Å². The average molecular weight is 638 g/mol. The number of nitrogens with zero attached hydrogens (tertiary/aromatic N) is 3. The fourth-order valence-electron chi connectivity index (χ4n) is 4.70. The molecular formula is C29H21ClF5N3O4S. The summed E-state index contributed by atoms with van der Waals surface area (Å²) in [7, 11) is -3.98. The molecule has 7 nitrogen and oxygen atoms in total. The van der Waals surface area contributed by atoms with E-state index in [0.29, 0.717) is 0 Å². The van der Waals surface area contributed by atoms with E-state index in [0.717, 1.165) is 24.6 Å². The number of hydrogen-bond donors (Lipinski definition) is 1. The minimum Gasteiger partial charge on any atom is -0.440 e. The largest absolute Gasteiger partial charge is 0.440 e. The minimum absolute atomic E-state index is 0.0292. The fraction of sp³-hybridized carbons (Fsp3) is 0.172. The maximum atomic E-state index is 15.0. The first kappa shape index (κ1) is 30.4. The second-order valence-corrected chi connectivity index (χ2v) is 12.1. The molecular weight excluding hydrogens is 617 g/mol. The second-order valence-electron chi connectivity index (χ2n) is 9.67. The number of aryl methyl sites for hydroxylation is 2. The third-order valence-electron chi connectivity index (χ3n) is 6.64. The molecule has 3 aromatic carbocycles. The van der Waals surface area contributed by atoms with E-state index in [1.807, 2.05) is 0 Å². The quantitative estimate of drug-likeness (QED) is 0.196. The minimum atomic E-state index is -4.74. The Morgan fingerprint density at radius 1 is 0.953 bits per heavy atom. The van der Waals surface area contributed by atoms with Crippen molar-refractivity contribution in [3.05, 3.63) is 94.4 Å². The molecule has 0 amide bonds. The van der Waals surface area contributed by atoms with Crippen LogP contribution in [0.3, 0.4) is 0 Å². The van der Waals surface area contributed by atoms with Crippen LogP contribution >= 0.6 is 11.6 Å². The van der Waals surface area contributed by atoms with Gasteiger partial charge in [-0.15, -0.1) is 0 Å². The number of aromatic nitrogens is 3. The SMILES string of the molecule is Cc1nc(-c2cc(-c3cc(F)c(CO)c(S(C)(=O)=O)c3)ccc2-n2cc(C(F)(F)F)nc2C)c(-c2ccc(Cl)cc2F)o1. The molecule has 1 N–H and O–H groups in total. The topological polar surface area (TPSA) is 98.2 Å². The standard InChI is InChI=1S/C29H21ClF5N3O4S/c1-14-36-26(29(33,34)35)12-38(14)24-7-4-16(17-9-22(31)21(13-39)25(10-17)43(3,40)41)8-20(24)27-28(42-15(2)37-27)19-6-5-18(30)11-23(19)32/h4-12,39H,13H2,1-3H3. The van der Waals surface area contributed by atoms with Crippen LogP contribution in [0, 0.1) is 25.5 Å². The Kier molecular flexibility index (Phi) is 7.69. The van der Waals surface area contributed by atoms with Crippen molar-refractivity contribution >= 4 is 21.4 Å². The lowest BCUT2D eigenvalue weighted by Gasteiger charge is -2.15. The molecule has 0 bridgehead atoms. The van der Waals surface area contributed by atoms with E-state index in [1.54, 1.807) is 0 Å². The van der Waals surface area contributed by atoms with E-state index < -0.39 is 50.4 Å². The second kappa shape index (κ2) is 10.9. The van der Waals surface area contributed by atoms with Gasteiger partial charge in [0.2, 0.25) is 0 Å². The molecule has 0 saturated carbocycles. The number of aliphatic hydroxyl groups excluding tert-OH is 1. The Hall–Kier alpha value is -4.07. The maximum absolute atomic E-state index is 15.0. The number of halogens is 6. The summed E-state index contributed by atoms with van der Waals surface area (Å²) in [6.07, 6.45) is -3.09. The first-order valence-electron chi connectivity index (χ1n) is 12.4. The van der Waals surface area contributed by atoms with Crippen LogP contribution in [0.15, 0.2) is 64.0 Å². The molecule has 0 fully saturated rings. The molecule has 224 valence electrons. The Balaban J connectivity index is 1.82. The molecule has 43 heavy (non-hydrogen) atoms. The van der Waals surface area contributed by atoms with Crippen LogP contribution in [0.4, 0.5) is 22.0 Å². The zero-order valence-corrected chi connectivity index (χ0v) is 24.2. The summed E-state index contributed by atoms with van der Waals surface area (Å²) >= 11 is 5.92. The Labute approximate surface area is 247 Å². The average Bonchev–Trinajstić information content (AvgIpc) is 3.49. The van der Waals surface area contributed by atoms with Gasteiger partial charge >= 0.3 is 6.18 Å². The van der Waals surface area contributed by atoms with Gasteiger partial charge in [-0.25, -0.2) is 27.2 Å². The highest BCUT2D eigenvalue weighted by atomic mass is 35.5. The molecule has 2 aromatic heterocycles. The fourth-order valence-corrected chi connectivity index (χ4v) is 5.81. The van der Waals surface area contributed by atoms with Gasteiger partial charge in [0.15, 0.2) is 27.2 Å². The van der Waals surface area contributed by atoms with Gasteiger partial charge in [0.25, 0.3) is 0 Å². The molecule has 0 atom stereocenters. The zero-order chi connectivity index (χ0) is 31.4. The third kappa shape index (κ3) is 5.79. The predicted molar refractivity (Wildman–Crippen MR) is 148 cm³/mol. The van der Waals surface area contributed by atoms with E-state index in [9.17, 15) is 26.7 Å². The molecule has 0 saturated heterocycles. The molecule has 0 aliphatic carbocycles. The lowest BCUT2D eigenvalue weighted by molar-refractivity contribution is -0.141. The zero-order valence-electron chi connectivity index (χ0n) is 22.6. The van der Waals surface area contributed by atoms with Gasteiger partial charge in [-0.2, -0.15) is 13.2 Å². The summed E-state index contributed by atoms with van der Waals surface area (Å²) in [5, 5.41) is 9.71. The highest BCUT2D eigenvalue weighted by Gasteiger charge is 2.35. The summed E-state index contributed by atoms with van der Waals surface area (Å²) < 4.78 is 102. The first-order valence-corrected chi connectivity index (χ1v) is 14.7. The number of imidazole rings is 1. The highest BCUT2D eigenvalue weighted by Crippen LogP contribution is 2.41. The molecule has 0 radical (unpaired) electrons. The number of sulfone groups is 1. The van der Waals surface area contributed by atoms with Crippen molar-refractivity contribution in [1.82, 2.24) is 14.5 Å². The monoisotopic (exact) mass is 637 g/mol. The summed E-state index contributed by atoms with van der Waals surface area (Å²) in [5.41, 5.74) is -0.959. The predicted octanol–water partition coefficient (Wildman–Crippen LogP) is 7.32. The first-order chi connectivity index (χ1) is 20.1. The summed E-state index contributed by atoms with van der Waals surface area (Å²) in [6.45, 7) is 1.99. The van der Waals surface area contributed by atoms with Crippen LogP contribution < -0.4 is 0 Å². The van der Waals surface area contributed by atoms with E-state index in [-0.39, 0.29) is 56.1 Å². The highest BCUT2D eigenvalue weighted by molar-refractivity contribution is 7.90. The number of hydrogen-bond acceptors (Lipinski definition) is 6. The summed E-state index contributed by atoms with van der Waals surface area (Å²) in [6, 6.07) is 10.4. The van der Waals surface area contributed by atoms with Crippen LogP contribution in [0.2, 0.25) is 5.02 Å². The van der Waals surface area contributed by atoms with Crippen LogP contribution in [0.1, 0.15) is 23.0 Å². The van der Waals surface area contributed by atoms with Gasteiger partial charge in [-0.3, -0.25) is 0 Å². The maximum Gasteiger partial charge on any atom is 0.434 e. The molecule has 2 heterocycles. The van der Waals surface area contributed by atoms with Gasteiger partial charge in [0.05, 0.1) is 22.8 Å². The molecule has 5 rings (SSSR count). The van der Waals surface area contributed by atoms with E-state index in [4.69, 9.17) is 16.0 Å². The lowest BCUT2D eigenvalue weighted by atomic mass is 9.97. The Bertz CT molecular complexity index is 2000. The Morgan fingerprint density at radius 2 is 1.67 bits per heavy atom. The van der Waals surface area contributed by atoms with E-state index >= 15 is 8.78 Å². The number of oxazole rings is 1. The molecule has 5 aromatic rings. The van der Waals surface area contributed by atoms with Crippen molar-refractivity contribution < 1.29 is 39.9 Å². The van der Waals surface area contributed by atoms with Gasteiger partial charge in [0, 0.05) is 35.5 Å². The lowest BCUT2D eigenvalue weighted by Crippen LogP contribution is -2.06. The van der Waals surface area contributed by atoms with Gasteiger partial charge in [-0.05, 0) is 60.5 Å². The van der Waals surface area contributed by atoms with Crippen LogP contribution in [-0.2, 0) is 22.6 Å². The van der Waals surface area contributed by atoms with Gasteiger partial charge in [0.1, 0.15) is 23.2 Å². The summed E-state index contributed by atoms with van der Waals surface area (Å²) in [5.74, 6) is -1.71. The third-order valence-corrected chi connectivity index (χ3v) is 8.04. The van der Waals surface area contributed by atoms with E-state index in [1.165, 1.54) is 54.8 Å². The summed E-state index contributed by atoms with van der Waals surface area (Å²) in [4.78, 5) is 7.60. The number of rotatable bonds is 6.